The summed E-state index contributed by atoms with van der Waals surface area (Å²) in [5, 5.41) is 2.59. The third kappa shape index (κ3) is 2.42. The van der Waals surface area contributed by atoms with Crippen LogP contribution in [0.4, 0.5) is 0 Å². The fraction of sp³-hybridized carbons (Fsp3) is 0.750. The quantitative estimate of drug-likeness (QED) is 0.535. The smallest absolute Gasteiger partial charge is 0.226 e. The van der Waals surface area contributed by atoms with E-state index in [9.17, 15) is 9.59 Å². The van der Waals surface area contributed by atoms with Crippen LogP contribution in [-0.2, 0) is 9.59 Å². The van der Waals surface area contributed by atoms with Crippen LogP contribution in [0.2, 0.25) is 0 Å². The zero-order valence-corrected chi connectivity index (χ0v) is 7.91. The number of nitrogens with two attached hydrogens (primary N) is 1. The predicted molar refractivity (Wildman–Crippen MR) is 47.5 cm³/mol. The Labute approximate surface area is 77.3 Å². The summed E-state index contributed by atoms with van der Waals surface area (Å²) < 4.78 is 0. The molecule has 2 amide bonds. The van der Waals surface area contributed by atoms with Crippen LogP contribution in [0, 0.1) is 5.92 Å². The molecule has 0 bridgehead atoms. The molecule has 1 heterocycles. The van der Waals surface area contributed by atoms with E-state index in [-0.39, 0.29) is 23.9 Å². The highest BCUT2D eigenvalue weighted by Gasteiger charge is 2.32. The maximum absolute atomic E-state index is 11.4. The van der Waals surface area contributed by atoms with Gasteiger partial charge in [0.1, 0.15) is 0 Å². The minimum Gasteiger partial charge on any atom is -0.345 e. The van der Waals surface area contributed by atoms with Gasteiger partial charge in [0.2, 0.25) is 11.8 Å². The number of rotatable bonds is 2. The molecule has 13 heavy (non-hydrogen) atoms. The first-order valence-corrected chi connectivity index (χ1v) is 4.30. The lowest BCUT2D eigenvalue weighted by Gasteiger charge is -2.12. The lowest BCUT2D eigenvalue weighted by Crippen LogP contribution is -2.42. The summed E-state index contributed by atoms with van der Waals surface area (Å²) in [5.41, 5.74) is 5.40. The van der Waals surface area contributed by atoms with E-state index in [1.165, 1.54) is 0 Å². The third-order valence-corrected chi connectivity index (χ3v) is 2.08. The van der Waals surface area contributed by atoms with Crippen molar-refractivity contribution >= 4 is 11.8 Å². The minimum atomic E-state index is -0.353. The van der Waals surface area contributed by atoms with Crippen molar-refractivity contribution in [2.24, 2.45) is 11.7 Å². The van der Waals surface area contributed by atoms with Crippen molar-refractivity contribution in [2.75, 3.05) is 13.6 Å². The minimum absolute atomic E-state index is 0.0184. The van der Waals surface area contributed by atoms with E-state index < -0.39 is 0 Å². The molecule has 1 aliphatic heterocycles. The van der Waals surface area contributed by atoms with E-state index in [0.717, 1.165) is 0 Å². The number of likely N-dealkylation sites (tertiary alicyclic amines) is 1. The second-order valence-corrected chi connectivity index (χ2v) is 3.47. The van der Waals surface area contributed by atoms with Gasteiger partial charge in [0.05, 0.1) is 12.1 Å². The summed E-state index contributed by atoms with van der Waals surface area (Å²) in [4.78, 5) is 24.0. The lowest BCUT2D eigenvalue weighted by molar-refractivity contribution is -0.128. The highest BCUT2D eigenvalue weighted by atomic mass is 16.2. The van der Waals surface area contributed by atoms with Gasteiger partial charge < -0.3 is 16.0 Å². The second kappa shape index (κ2) is 3.74. The summed E-state index contributed by atoms with van der Waals surface area (Å²) in [6, 6.07) is 0. The van der Waals surface area contributed by atoms with Crippen molar-refractivity contribution in [2.45, 2.75) is 19.5 Å². The standard InChI is InChI=1S/C8H15N3O2/c1-5(9)10-8(13)6-3-7(12)11(2)4-6/h5-6H,3-4,9H2,1-2H3,(H,10,13). The average molecular weight is 185 g/mol. The van der Waals surface area contributed by atoms with E-state index in [4.69, 9.17) is 5.73 Å². The Morgan fingerprint density at radius 2 is 2.38 bits per heavy atom. The Morgan fingerprint density at radius 1 is 1.77 bits per heavy atom. The van der Waals surface area contributed by atoms with Gasteiger partial charge in [-0.25, -0.2) is 0 Å². The summed E-state index contributed by atoms with van der Waals surface area (Å²) in [5.74, 6) is -0.346. The molecule has 2 atom stereocenters. The first kappa shape index (κ1) is 9.98. The van der Waals surface area contributed by atoms with Gasteiger partial charge in [0, 0.05) is 20.0 Å². The van der Waals surface area contributed by atoms with E-state index in [2.05, 4.69) is 5.32 Å². The second-order valence-electron chi connectivity index (χ2n) is 3.47. The van der Waals surface area contributed by atoms with Crippen LogP contribution >= 0.6 is 0 Å². The molecule has 5 nitrogen and oxygen atoms in total. The molecule has 0 radical (unpaired) electrons. The topological polar surface area (TPSA) is 75.4 Å². The van der Waals surface area contributed by atoms with Crippen LogP contribution in [0.5, 0.6) is 0 Å². The number of hydrogen-bond acceptors (Lipinski definition) is 3. The van der Waals surface area contributed by atoms with Crippen molar-refractivity contribution in [1.82, 2.24) is 10.2 Å². The molecule has 1 fully saturated rings. The molecule has 74 valence electrons. The number of amides is 2. The Hall–Kier alpha value is -1.10. The number of hydrogen-bond donors (Lipinski definition) is 2. The third-order valence-electron chi connectivity index (χ3n) is 2.08. The van der Waals surface area contributed by atoms with Crippen molar-refractivity contribution in [3.63, 3.8) is 0 Å². The molecule has 0 aromatic carbocycles. The van der Waals surface area contributed by atoms with E-state index in [1.807, 2.05) is 0 Å². The highest BCUT2D eigenvalue weighted by Crippen LogP contribution is 2.15. The Bertz CT molecular complexity index is 227. The molecule has 0 aliphatic carbocycles. The van der Waals surface area contributed by atoms with E-state index >= 15 is 0 Å². The van der Waals surface area contributed by atoms with Gasteiger partial charge >= 0.3 is 0 Å². The van der Waals surface area contributed by atoms with Gasteiger partial charge in [-0.3, -0.25) is 9.59 Å². The molecule has 2 unspecified atom stereocenters. The molecular formula is C8H15N3O2. The molecule has 1 saturated heterocycles. The zero-order chi connectivity index (χ0) is 10.0. The van der Waals surface area contributed by atoms with Crippen molar-refractivity contribution in [1.29, 1.82) is 0 Å². The van der Waals surface area contributed by atoms with Gasteiger partial charge in [-0.15, -0.1) is 0 Å². The number of carbonyl (C=O) groups is 2. The number of carbonyl (C=O) groups excluding carboxylic acids is 2. The SMILES string of the molecule is CC(N)NC(=O)C1CC(=O)N(C)C1. The summed E-state index contributed by atoms with van der Waals surface area (Å²) >= 11 is 0. The largest absolute Gasteiger partial charge is 0.345 e. The normalized spacial score (nSPS) is 24.7. The summed E-state index contributed by atoms with van der Waals surface area (Å²) in [7, 11) is 1.70. The lowest BCUT2D eigenvalue weighted by atomic mass is 10.1. The van der Waals surface area contributed by atoms with Gasteiger partial charge in [-0.2, -0.15) is 0 Å². The van der Waals surface area contributed by atoms with Gasteiger partial charge in [-0.05, 0) is 6.92 Å². The van der Waals surface area contributed by atoms with Crippen LogP contribution in [0.3, 0.4) is 0 Å². The average Bonchev–Trinajstić information content (AvgIpc) is 2.31. The fourth-order valence-electron chi connectivity index (χ4n) is 1.38. The summed E-state index contributed by atoms with van der Waals surface area (Å²) in [6.45, 7) is 2.19. The van der Waals surface area contributed by atoms with E-state index in [0.29, 0.717) is 13.0 Å². The predicted octanol–water partition coefficient (Wildman–Crippen LogP) is -1.11. The Balaban J connectivity index is 2.46. The summed E-state index contributed by atoms with van der Waals surface area (Å²) in [6.07, 6.45) is -0.0526. The van der Waals surface area contributed by atoms with Gasteiger partial charge in [0.25, 0.3) is 0 Å². The Kier molecular flexibility index (Phi) is 2.87. The molecule has 0 aromatic rings. The van der Waals surface area contributed by atoms with Crippen molar-refractivity contribution in [3.05, 3.63) is 0 Å². The van der Waals surface area contributed by atoms with Crippen LogP contribution in [0.25, 0.3) is 0 Å². The Morgan fingerprint density at radius 3 is 2.77 bits per heavy atom. The van der Waals surface area contributed by atoms with Crippen molar-refractivity contribution in [3.8, 4) is 0 Å². The molecule has 5 heteroatoms. The molecule has 1 aliphatic rings. The fourth-order valence-corrected chi connectivity index (χ4v) is 1.38. The molecule has 3 N–H and O–H groups in total. The van der Waals surface area contributed by atoms with Gasteiger partial charge in [-0.1, -0.05) is 0 Å². The maximum Gasteiger partial charge on any atom is 0.226 e. The van der Waals surface area contributed by atoms with Crippen LogP contribution < -0.4 is 11.1 Å². The van der Waals surface area contributed by atoms with E-state index in [1.54, 1.807) is 18.9 Å². The first-order valence-electron chi connectivity index (χ1n) is 4.30. The van der Waals surface area contributed by atoms with Crippen LogP contribution in [0.1, 0.15) is 13.3 Å². The van der Waals surface area contributed by atoms with Gasteiger partial charge in [0.15, 0.2) is 0 Å². The highest BCUT2D eigenvalue weighted by molar-refractivity contribution is 5.89. The molecular weight excluding hydrogens is 170 g/mol. The number of nitrogens with one attached hydrogen (secondary N) is 1. The molecule has 0 spiro atoms. The molecule has 1 rings (SSSR count). The zero-order valence-electron chi connectivity index (χ0n) is 7.91. The first-order chi connectivity index (χ1) is 6.00. The number of nitrogens with zero attached hydrogens (tertiary/aromatic N) is 1. The monoisotopic (exact) mass is 185 g/mol. The van der Waals surface area contributed by atoms with Crippen LogP contribution in [0.15, 0.2) is 0 Å². The molecule has 0 aromatic heterocycles. The van der Waals surface area contributed by atoms with Crippen molar-refractivity contribution < 1.29 is 9.59 Å². The maximum atomic E-state index is 11.4. The van der Waals surface area contributed by atoms with Crippen LogP contribution in [-0.4, -0.2) is 36.5 Å². The molecule has 0 saturated carbocycles.